The third-order valence-electron chi connectivity index (χ3n) is 6.93. The van der Waals surface area contributed by atoms with Gasteiger partial charge in [-0.1, -0.05) is 32.9 Å². The molecular formula is C28H34N6O2S. The lowest BCUT2D eigenvalue weighted by Crippen LogP contribution is -2.36. The van der Waals surface area contributed by atoms with Crippen molar-refractivity contribution in [3.05, 3.63) is 76.7 Å². The lowest BCUT2D eigenvalue weighted by atomic mass is 9.87. The van der Waals surface area contributed by atoms with Crippen LogP contribution in [0.2, 0.25) is 0 Å². The fourth-order valence-corrected chi connectivity index (χ4v) is 5.18. The number of anilines is 2. The van der Waals surface area contributed by atoms with Crippen LogP contribution in [0.3, 0.4) is 0 Å². The largest absolute Gasteiger partial charge is 0.321 e. The molecule has 0 saturated heterocycles. The zero-order chi connectivity index (χ0) is 26.5. The maximum Gasteiger partial charge on any atom is 0.255 e. The van der Waals surface area contributed by atoms with E-state index in [2.05, 4.69) is 53.8 Å². The van der Waals surface area contributed by atoms with Gasteiger partial charge in [0.25, 0.3) is 5.91 Å². The number of aryl methyl sites for hydroxylation is 1. The fraction of sp³-hybridized carbons (Fsp3) is 0.357. The van der Waals surface area contributed by atoms with E-state index in [4.69, 9.17) is 0 Å². The molecule has 1 fully saturated rings. The molecule has 5 rings (SSSR count). The molecule has 0 radical (unpaired) electrons. The van der Waals surface area contributed by atoms with E-state index in [0.29, 0.717) is 22.2 Å². The maximum absolute atomic E-state index is 13.3. The lowest BCUT2D eigenvalue weighted by molar-refractivity contribution is 0.102. The Balaban J connectivity index is 1.41. The van der Waals surface area contributed by atoms with Crippen molar-refractivity contribution in [2.75, 3.05) is 16.6 Å². The Labute approximate surface area is 220 Å². The van der Waals surface area contributed by atoms with E-state index in [1.807, 2.05) is 60.7 Å². The van der Waals surface area contributed by atoms with Crippen LogP contribution in [0.4, 0.5) is 11.4 Å². The summed E-state index contributed by atoms with van der Waals surface area (Å²) in [5.41, 5.74) is 13.4. The van der Waals surface area contributed by atoms with Gasteiger partial charge >= 0.3 is 0 Å². The van der Waals surface area contributed by atoms with Crippen LogP contribution in [0.15, 0.2) is 53.7 Å². The molecule has 1 aromatic heterocycles. The quantitative estimate of drug-likeness (QED) is 0.428. The second-order valence-corrected chi connectivity index (χ2v) is 12.2. The summed E-state index contributed by atoms with van der Waals surface area (Å²) in [6.45, 7) is 10.4. The van der Waals surface area contributed by atoms with E-state index < -0.39 is 10.8 Å². The van der Waals surface area contributed by atoms with Crippen LogP contribution in [0.1, 0.15) is 72.4 Å². The minimum Gasteiger partial charge on any atom is -0.321 e. The summed E-state index contributed by atoms with van der Waals surface area (Å²) in [6.07, 6.45) is 7.87. The Hall–Kier alpha value is -3.43. The molecule has 0 bridgehead atoms. The highest BCUT2D eigenvalue weighted by molar-refractivity contribution is 7.84. The number of hydrazine groups is 2. The van der Waals surface area contributed by atoms with Gasteiger partial charge < -0.3 is 10.7 Å². The second kappa shape index (κ2) is 9.46. The van der Waals surface area contributed by atoms with Gasteiger partial charge in [-0.25, -0.2) is 0 Å². The molecule has 9 heteroatoms. The highest BCUT2D eigenvalue weighted by Gasteiger charge is 2.28. The van der Waals surface area contributed by atoms with Crippen LogP contribution in [-0.2, 0) is 16.2 Å². The Morgan fingerprint density at radius 3 is 2.57 bits per heavy atom. The first kappa shape index (κ1) is 25.2. The number of amides is 1. The summed E-state index contributed by atoms with van der Waals surface area (Å²) in [5, 5.41) is 9.45. The number of rotatable bonds is 6. The SMILES string of the molecule is Cc1ccc(C(=O)Nc2cc(C(C)(C)C)ccc2S(C)=O)cc1N1C=C(c2cnn(C3CC3)c2C)NN1. The van der Waals surface area contributed by atoms with E-state index in [9.17, 15) is 9.00 Å². The summed E-state index contributed by atoms with van der Waals surface area (Å²) < 4.78 is 14.5. The van der Waals surface area contributed by atoms with E-state index in [1.165, 1.54) is 12.8 Å². The normalized spacial score (nSPS) is 16.4. The van der Waals surface area contributed by atoms with Gasteiger partial charge in [-0.05, 0) is 67.5 Å². The average Bonchev–Trinajstić information content (AvgIpc) is 3.44. The molecule has 2 heterocycles. The average molecular weight is 519 g/mol. The molecule has 194 valence electrons. The zero-order valence-electron chi connectivity index (χ0n) is 22.2. The Morgan fingerprint density at radius 1 is 1.14 bits per heavy atom. The highest BCUT2D eigenvalue weighted by Crippen LogP contribution is 2.37. The fourth-order valence-electron chi connectivity index (χ4n) is 4.51. The predicted molar refractivity (Wildman–Crippen MR) is 149 cm³/mol. The summed E-state index contributed by atoms with van der Waals surface area (Å²) >= 11 is 0. The molecule has 1 saturated carbocycles. The van der Waals surface area contributed by atoms with E-state index in [0.717, 1.165) is 33.8 Å². The summed E-state index contributed by atoms with van der Waals surface area (Å²) in [4.78, 5) is 13.9. The van der Waals surface area contributed by atoms with Crippen LogP contribution in [0, 0.1) is 13.8 Å². The number of nitrogens with zero attached hydrogens (tertiary/aromatic N) is 3. The minimum absolute atomic E-state index is 0.101. The predicted octanol–water partition coefficient (Wildman–Crippen LogP) is 4.95. The van der Waals surface area contributed by atoms with Gasteiger partial charge in [0, 0.05) is 29.3 Å². The number of benzene rings is 2. The molecule has 3 N–H and O–H groups in total. The Kier molecular flexibility index (Phi) is 6.45. The van der Waals surface area contributed by atoms with Crippen molar-refractivity contribution in [2.24, 2.45) is 0 Å². The molecule has 3 aromatic rings. The highest BCUT2D eigenvalue weighted by atomic mass is 32.2. The Bertz CT molecular complexity index is 1430. The number of carbonyl (C=O) groups is 1. The van der Waals surface area contributed by atoms with E-state index in [-0.39, 0.29) is 11.3 Å². The van der Waals surface area contributed by atoms with Gasteiger partial charge in [0.05, 0.1) is 45.0 Å². The van der Waals surface area contributed by atoms with Crippen LogP contribution in [0.5, 0.6) is 0 Å². The first-order valence-electron chi connectivity index (χ1n) is 12.5. The van der Waals surface area contributed by atoms with Crippen molar-refractivity contribution < 1.29 is 9.00 Å². The summed E-state index contributed by atoms with van der Waals surface area (Å²) in [5.74, 6) is -0.253. The molecule has 2 aliphatic rings. The minimum atomic E-state index is -1.24. The lowest BCUT2D eigenvalue weighted by Gasteiger charge is -2.21. The van der Waals surface area contributed by atoms with Gasteiger partial charge in [0.15, 0.2) is 0 Å². The van der Waals surface area contributed by atoms with Gasteiger partial charge in [-0.3, -0.25) is 18.7 Å². The molecule has 2 aromatic carbocycles. The number of nitrogens with one attached hydrogen (secondary N) is 3. The molecular weight excluding hydrogens is 484 g/mol. The third kappa shape index (κ3) is 5.06. The van der Waals surface area contributed by atoms with Gasteiger partial charge in [0.2, 0.25) is 0 Å². The van der Waals surface area contributed by atoms with Crippen molar-refractivity contribution in [1.82, 2.24) is 20.7 Å². The second-order valence-electron chi connectivity index (χ2n) is 10.8. The molecule has 1 unspecified atom stereocenters. The maximum atomic E-state index is 13.3. The van der Waals surface area contributed by atoms with Crippen molar-refractivity contribution in [2.45, 2.75) is 63.8 Å². The standard InChI is InChI=1S/C28H34N6O2S/c1-17-7-8-19(27(35)30-23-14-20(28(3,4)5)9-12-26(23)37(6)36)13-25(17)33-16-24(31-32-33)22-15-29-34(18(22)2)21-10-11-21/h7-9,12-16,21,31-32H,10-11H2,1-6H3,(H,30,35). The molecule has 37 heavy (non-hydrogen) atoms. The van der Waals surface area contributed by atoms with Gasteiger partial charge in [0.1, 0.15) is 0 Å². The molecule has 0 spiro atoms. The first-order valence-corrected chi connectivity index (χ1v) is 14.1. The van der Waals surface area contributed by atoms with E-state index >= 15 is 0 Å². The van der Waals surface area contributed by atoms with Crippen LogP contribution < -0.4 is 21.3 Å². The molecule has 1 atom stereocenters. The Morgan fingerprint density at radius 2 is 1.89 bits per heavy atom. The molecule has 1 amide bonds. The molecule has 8 nitrogen and oxygen atoms in total. The van der Waals surface area contributed by atoms with Crippen molar-refractivity contribution in [3.63, 3.8) is 0 Å². The monoisotopic (exact) mass is 518 g/mol. The van der Waals surface area contributed by atoms with Crippen molar-refractivity contribution in [3.8, 4) is 0 Å². The van der Waals surface area contributed by atoms with Crippen LogP contribution in [0.25, 0.3) is 5.70 Å². The number of carbonyl (C=O) groups excluding carboxylic acids is 1. The van der Waals surface area contributed by atoms with Crippen molar-refractivity contribution in [1.29, 1.82) is 0 Å². The van der Waals surface area contributed by atoms with Crippen molar-refractivity contribution >= 4 is 33.8 Å². The summed E-state index contributed by atoms with van der Waals surface area (Å²) in [7, 11) is -1.24. The van der Waals surface area contributed by atoms with Crippen LogP contribution >= 0.6 is 0 Å². The topological polar surface area (TPSA) is 91.3 Å². The number of hydrogen-bond acceptors (Lipinski definition) is 6. The molecule has 1 aliphatic carbocycles. The summed E-state index contributed by atoms with van der Waals surface area (Å²) in [6, 6.07) is 11.9. The van der Waals surface area contributed by atoms with Gasteiger partial charge in [-0.2, -0.15) is 5.10 Å². The van der Waals surface area contributed by atoms with Gasteiger partial charge in [-0.15, -0.1) is 5.53 Å². The van der Waals surface area contributed by atoms with Crippen LogP contribution in [-0.4, -0.2) is 26.2 Å². The molecule has 1 aliphatic heterocycles. The first-order chi connectivity index (χ1) is 17.5. The number of aromatic nitrogens is 2. The zero-order valence-corrected chi connectivity index (χ0v) is 23.0. The van der Waals surface area contributed by atoms with E-state index in [1.54, 1.807) is 6.26 Å². The third-order valence-corrected chi connectivity index (χ3v) is 7.91. The number of hydrogen-bond donors (Lipinski definition) is 3. The smallest absolute Gasteiger partial charge is 0.255 e.